The van der Waals surface area contributed by atoms with Crippen LogP contribution in [-0.4, -0.2) is 35.3 Å². The second-order valence-corrected chi connectivity index (χ2v) is 8.32. The summed E-state index contributed by atoms with van der Waals surface area (Å²) in [5, 5.41) is 6.81. The van der Waals surface area contributed by atoms with Gasteiger partial charge in [0.1, 0.15) is 0 Å². The fourth-order valence-corrected chi connectivity index (χ4v) is 3.94. The summed E-state index contributed by atoms with van der Waals surface area (Å²) >= 11 is 1.97. The lowest BCUT2D eigenvalue weighted by atomic mass is 10.2. The largest absolute Gasteiger partial charge is 0.357 e. The maximum absolute atomic E-state index is 4.85. The number of hydrogen-bond donors (Lipinski definition) is 2. The highest BCUT2D eigenvalue weighted by atomic mass is 32.2. The van der Waals surface area contributed by atoms with E-state index in [0.29, 0.717) is 0 Å². The second-order valence-electron chi connectivity index (χ2n) is 6.78. The van der Waals surface area contributed by atoms with Gasteiger partial charge < -0.3 is 10.6 Å². The van der Waals surface area contributed by atoms with Gasteiger partial charge in [-0.25, -0.2) is 0 Å². The number of benzene rings is 1. The van der Waals surface area contributed by atoms with Crippen molar-refractivity contribution in [2.45, 2.75) is 42.8 Å². The molecular weight excluding hydrogens is 340 g/mol. The maximum atomic E-state index is 4.85. The Morgan fingerprint density at radius 1 is 1.15 bits per heavy atom. The maximum Gasteiger partial charge on any atom is 0.191 e. The summed E-state index contributed by atoms with van der Waals surface area (Å²) in [6.45, 7) is 6.70. The number of thioether (sulfide) groups is 1. The molecule has 2 N–H and O–H groups in total. The number of pyridine rings is 1. The van der Waals surface area contributed by atoms with Gasteiger partial charge in [0.05, 0.1) is 6.54 Å². The average molecular weight is 369 g/mol. The van der Waals surface area contributed by atoms with Gasteiger partial charge >= 0.3 is 0 Å². The molecule has 2 aromatic rings. The van der Waals surface area contributed by atoms with E-state index in [1.165, 1.54) is 23.3 Å². The SMILES string of the molecule is CCNC(=NCC1(Sc2ccccc2)CC1)NCCc1ccc(C)nc1. The molecule has 5 heteroatoms. The number of nitrogens with zero attached hydrogens (tertiary/aromatic N) is 2. The summed E-state index contributed by atoms with van der Waals surface area (Å²) in [4.78, 5) is 10.5. The molecule has 1 aromatic carbocycles. The van der Waals surface area contributed by atoms with Crippen molar-refractivity contribution >= 4 is 17.7 Å². The van der Waals surface area contributed by atoms with E-state index >= 15 is 0 Å². The molecule has 1 heterocycles. The number of aromatic nitrogens is 1. The Bertz CT molecular complexity index is 709. The normalized spacial score (nSPS) is 15.5. The van der Waals surface area contributed by atoms with Gasteiger partial charge in [-0.3, -0.25) is 9.98 Å². The monoisotopic (exact) mass is 368 g/mol. The van der Waals surface area contributed by atoms with E-state index in [4.69, 9.17) is 4.99 Å². The number of guanidine groups is 1. The van der Waals surface area contributed by atoms with Crippen LogP contribution in [0.3, 0.4) is 0 Å². The Morgan fingerprint density at radius 3 is 2.62 bits per heavy atom. The van der Waals surface area contributed by atoms with Gasteiger partial charge in [-0.15, -0.1) is 11.8 Å². The van der Waals surface area contributed by atoms with Gasteiger partial charge in [0.15, 0.2) is 5.96 Å². The molecule has 1 fully saturated rings. The first-order valence-corrected chi connectivity index (χ1v) is 10.2. The molecule has 0 spiro atoms. The number of aliphatic imine (C=N–C) groups is 1. The average Bonchev–Trinajstić information content (AvgIpc) is 3.42. The smallest absolute Gasteiger partial charge is 0.191 e. The first-order chi connectivity index (χ1) is 12.7. The van der Waals surface area contributed by atoms with Crippen molar-refractivity contribution in [2.75, 3.05) is 19.6 Å². The molecule has 0 saturated heterocycles. The Kier molecular flexibility index (Phi) is 6.56. The van der Waals surface area contributed by atoms with Crippen molar-refractivity contribution < 1.29 is 0 Å². The van der Waals surface area contributed by atoms with E-state index in [2.05, 4.69) is 65.0 Å². The minimum absolute atomic E-state index is 0.282. The third kappa shape index (κ3) is 5.77. The fourth-order valence-electron chi connectivity index (χ4n) is 2.71. The zero-order valence-corrected chi connectivity index (χ0v) is 16.5. The minimum atomic E-state index is 0.282. The molecule has 1 saturated carbocycles. The van der Waals surface area contributed by atoms with E-state index in [9.17, 15) is 0 Å². The highest BCUT2D eigenvalue weighted by molar-refractivity contribution is 8.01. The molecule has 26 heavy (non-hydrogen) atoms. The van der Waals surface area contributed by atoms with Crippen LogP contribution in [0.25, 0.3) is 0 Å². The Hall–Kier alpha value is -2.01. The van der Waals surface area contributed by atoms with Crippen molar-refractivity contribution in [1.82, 2.24) is 15.6 Å². The van der Waals surface area contributed by atoms with Crippen molar-refractivity contribution in [1.29, 1.82) is 0 Å². The van der Waals surface area contributed by atoms with Gasteiger partial charge in [-0.2, -0.15) is 0 Å². The molecule has 0 radical (unpaired) electrons. The van der Waals surface area contributed by atoms with E-state index in [1.807, 2.05) is 24.9 Å². The van der Waals surface area contributed by atoms with E-state index in [-0.39, 0.29) is 4.75 Å². The van der Waals surface area contributed by atoms with Crippen LogP contribution in [0.1, 0.15) is 31.0 Å². The van der Waals surface area contributed by atoms with Gasteiger partial charge in [0.25, 0.3) is 0 Å². The lowest BCUT2D eigenvalue weighted by molar-refractivity contribution is 0.787. The van der Waals surface area contributed by atoms with Crippen LogP contribution in [-0.2, 0) is 6.42 Å². The zero-order valence-electron chi connectivity index (χ0n) is 15.7. The van der Waals surface area contributed by atoms with E-state index < -0.39 is 0 Å². The van der Waals surface area contributed by atoms with Crippen LogP contribution in [0.2, 0.25) is 0 Å². The molecule has 1 aliphatic carbocycles. The summed E-state index contributed by atoms with van der Waals surface area (Å²) in [7, 11) is 0. The Morgan fingerprint density at radius 2 is 1.96 bits per heavy atom. The van der Waals surface area contributed by atoms with Crippen LogP contribution in [0, 0.1) is 6.92 Å². The standard InChI is InChI=1S/C21H28N4S/c1-3-22-20(23-14-11-18-10-9-17(2)24-15-18)25-16-21(12-13-21)26-19-7-5-4-6-8-19/h4-10,15H,3,11-14,16H2,1-2H3,(H2,22,23,25). The molecule has 4 nitrogen and oxygen atoms in total. The molecule has 1 aliphatic rings. The first kappa shape index (κ1) is 18.8. The van der Waals surface area contributed by atoms with Gasteiger partial charge in [-0.05, 0) is 56.9 Å². The lowest BCUT2D eigenvalue weighted by Crippen LogP contribution is -2.39. The zero-order chi connectivity index (χ0) is 18.2. The molecule has 0 bridgehead atoms. The van der Waals surface area contributed by atoms with Crippen LogP contribution in [0.4, 0.5) is 0 Å². The minimum Gasteiger partial charge on any atom is -0.357 e. The Labute approximate surface area is 160 Å². The molecule has 1 aromatic heterocycles. The van der Waals surface area contributed by atoms with Crippen LogP contribution in [0.15, 0.2) is 58.5 Å². The van der Waals surface area contributed by atoms with Crippen LogP contribution >= 0.6 is 11.8 Å². The summed E-state index contributed by atoms with van der Waals surface area (Å²) in [6, 6.07) is 14.9. The third-order valence-corrected chi connectivity index (χ3v) is 5.91. The van der Waals surface area contributed by atoms with Crippen molar-refractivity contribution in [3.8, 4) is 0 Å². The van der Waals surface area contributed by atoms with Crippen LogP contribution < -0.4 is 10.6 Å². The molecule has 3 rings (SSSR count). The topological polar surface area (TPSA) is 49.3 Å². The predicted molar refractivity (Wildman–Crippen MR) is 111 cm³/mol. The second kappa shape index (κ2) is 9.08. The molecular formula is C21H28N4S. The van der Waals surface area contributed by atoms with Gasteiger partial charge in [0, 0.05) is 34.6 Å². The molecule has 0 amide bonds. The predicted octanol–water partition coefficient (Wildman–Crippen LogP) is 3.81. The number of nitrogens with one attached hydrogen (secondary N) is 2. The lowest BCUT2D eigenvalue weighted by Gasteiger charge is -2.15. The summed E-state index contributed by atoms with van der Waals surface area (Å²) in [5.74, 6) is 0.910. The number of hydrogen-bond acceptors (Lipinski definition) is 3. The van der Waals surface area contributed by atoms with E-state index in [1.54, 1.807) is 0 Å². The molecule has 0 atom stereocenters. The van der Waals surface area contributed by atoms with Gasteiger partial charge in [-0.1, -0.05) is 24.3 Å². The van der Waals surface area contributed by atoms with Crippen molar-refractivity contribution in [2.24, 2.45) is 4.99 Å². The number of rotatable bonds is 8. The van der Waals surface area contributed by atoms with Crippen molar-refractivity contribution in [3.05, 3.63) is 59.9 Å². The summed E-state index contributed by atoms with van der Waals surface area (Å²) in [5.41, 5.74) is 2.31. The highest BCUT2D eigenvalue weighted by Gasteiger charge is 2.43. The third-order valence-electron chi connectivity index (χ3n) is 4.43. The quantitative estimate of drug-likeness (QED) is 0.549. The molecule has 0 unspecified atom stereocenters. The molecule has 0 aliphatic heterocycles. The fraction of sp³-hybridized carbons (Fsp3) is 0.429. The number of aryl methyl sites for hydroxylation is 1. The van der Waals surface area contributed by atoms with Crippen LogP contribution in [0.5, 0.6) is 0 Å². The highest BCUT2D eigenvalue weighted by Crippen LogP contribution is 2.51. The van der Waals surface area contributed by atoms with E-state index in [0.717, 1.165) is 37.7 Å². The van der Waals surface area contributed by atoms with Crippen molar-refractivity contribution in [3.63, 3.8) is 0 Å². The Balaban J connectivity index is 1.51. The summed E-state index contributed by atoms with van der Waals surface area (Å²) in [6.07, 6.45) is 5.38. The first-order valence-electron chi connectivity index (χ1n) is 9.37. The van der Waals surface area contributed by atoms with Gasteiger partial charge in [0.2, 0.25) is 0 Å². The molecule has 138 valence electrons. The summed E-state index contributed by atoms with van der Waals surface area (Å²) < 4.78 is 0.282.